The maximum Gasteiger partial charge on any atom is 0.188 e. The van der Waals surface area contributed by atoms with Crippen molar-refractivity contribution < 1.29 is 5.11 Å². The third-order valence-electron chi connectivity index (χ3n) is 3.37. The quantitative estimate of drug-likeness (QED) is 0.442. The van der Waals surface area contributed by atoms with Crippen LogP contribution in [0.4, 0.5) is 0 Å². The standard InChI is InChI=1S/C10H19N3O/c11-10(12)13-4-3-9(14)8(6-13)5-7-1-2-7/h7-9,14H,1-6H2,(H3,11,12)/t8-,9+/m1/s1. The summed E-state index contributed by atoms with van der Waals surface area (Å²) in [5.74, 6) is 1.32. The Balaban J connectivity index is 1.88. The number of nitrogens with one attached hydrogen (secondary N) is 1. The van der Waals surface area contributed by atoms with Crippen LogP contribution >= 0.6 is 0 Å². The Morgan fingerprint density at radius 2 is 2.14 bits per heavy atom. The number of piperidine rings is 1. The lowest BCUT2D eigenvalue weighted by molar-refractivity contribution is 0.0425. The van der Waals surface area contributed by atoms with E-state index in [1.807, 2.05) is 4.90 Å². The monoisotopic (exact) mass is 197 g/mol. The highest BCUT2D eigenvalue weighted by molar-refractivity contribution is 5.74. The van der Waals surface area contributed by atoms with Crippen molar-refractivity contribution in [2.24, 2.45) is 17.6 Å². The molecule has 4 N–H and O–H groups in total. The fourth-order valence-corrected chi connectivity index (χ4v) is 2.25. The molecule has 0 aromatic carbocycles. The summed E-state index contributed by atoms with van der Waals surface area (Å²) in [5, 5.41) is 17.2. The molecule has 2 rings (SSSR count). The van der Waals surface area contributed by atoms with Gasteiger partial charge in [-0.1, -0.05) is 12.8 Å². The number of hydrogen-bond acceptors (Lipinski definition) is 2. The van der Waals surface area contributed by atoms with E-state index < -0.39 is 0 Å². The third-order valence-corrected chi connectivity index (χ3v) is 3.37. The van der Waals surface area contributed by atoms with E-state index in [2.05, 4.69) is 0 Å². The van der Waals surface area contributed by atoms with Gasteiger partial charge in [0, 0.05) is 19.0 Å². The summed E-state index contributed by atoms with van der Waals surface area (Å²) in [5.41, 5.74) is 5.45. The van der Waals surface area contributed by atoms with Crippen molar-refractivity contribution >= 4 is 5.96 Å². The van der Waals surface area contributed by atoms with Crippen molar-refractivity contribution in [3.8, 4) is 0 Å². The van der Waals surface area contributed by atoms with Crippen LogP contribution in [0.1, 0.15) is 25.7 Å². The molecule has 4 nitrogen and oxygen atoms in total. The fourth-order valence-electron chi connectivity index (χ4n) is 2.25. The molecule has 0 bridgehead atoms. The molecule has 0 radical (unpaired) electrons. The molecule has 0 spiro atoms. The van der Waals surface area contributed by atoms with Crippen LogP contribution in [0.5, 0.6) is 0 Å². The number of likely N-dealkylation sites (tertiary alicyclic amines) is 1. The Morgan fingerprint density at radius 1 is 1.43 bits per heavy atom. The van der Waals surface area contributed by atoms with E-state index in [1.54, 1.807) is 0 Å². The zero-order valence-corrected chi connectivity index (χ0v) is 8.45. The summed E-state index contributed by atoms with van der Waals surface area (Å²) < 4.78 is 0. The number of aliphatic hydroxyl groups is 1. The van der Waals surface area contributed by atoms with Crippen molar-refractivity contribution in [2.45, 2.75) is 31.8 Å². The van der Waals surface area contributed by atoms with Gasteiger partial charge in [0.05, 0.1) is 6.10 Å². The molecule has 2 atom stereocenters. The summed E-state index contributed by atoms with van der Waals surface area (Å²) >= 11 is 0. The Bertz CT molecular complexity index is 227. The average Bonchev–Trinajstić information content (AvgIpc) is 2.92. The molecule has 1 aliphatic heterocycles. The third kappa shape index (κ3) is 2.18. The molecular weight excluding hydrogens is 178 g/mol. The van der Waals surface area contributed by atoms with E-state index in [0.29, 0.717) is 5.92 Å². The molecule has 80 valence electrons. The largest absolute Gasteiger partial charge is 0.393 e. The number of nitrogens with two attached hydrogens (primary N) is 1. The van der Waals surface area contributed by atoms with E-state index in [1.165, 1.54) is 12.8 Å². The van der Waals surface area contributed by atoms with Crippen molar-refractivity contribution in [3.05, 3.63) is 0 Å². The first-order valence-electron chi connectivity index (χ1n) is 5.44. The smallest absolute Gasteiger partial charge is 0.188 e. The van der Waals surface area contributed by atoms with Gasteiger partial charge >= 0.3 is 0 Å². The van der Waals surface area contributed by atoms with Crippen LogP contribution in [-0.4, -0.2) is 35.2 Å². The minimum Gasteiger partial charge on any atom is -0.393 e. The lowest BCUT2D eigenvalue weighted by Gasteiger charge is -2.36. The Hall–Kier alpha value is -0.770. The van der Waals surface area contributed by atoms with Gasteiger partial charge in [-0.15, -0.1) is 0 Å². The van der Waals surface area contributed by atoms with E-state index >= 15 is 0 Å². The summed E-state index contributed by atoms with van der Waals surface area (Å²) in [4.78, 5) is 1.87. The molecule has 0 amide bonds. The second-order valence-electron chi connectivity index (χ2n) is 4.63. The van der Waals surface area contributed by atoms with Crippen LogP contribution in [0.3, 0.4) is 0 Å². The van der Waals surface area contributed by atoms with Gasteiger partial charge in [-0.25, -0.2) is 0 Å². The highest BCUT2D eigenvalue weighted by atomic mass is 16.3. The molecule has 1 heterocycles. The van der Waals surface area contributed by atoms with Gasteiger partial charge in [0.15, 0.2) is 5.96 Å². The summed E-state index contributed by atoms with van der Waals surface area (Å²) in [7, 11) is 0. The van der Waals surface area contributed by atoms with Gasteiger partial charge < -0.3 is 15.7 Å². The predicted octanol–water partition coefficient (Wildman–Crippen LogP) is 0.363. The van der Waals surface area contributed by atoms with Crippen LogP contribution in [0.25, 0.3) is 0 Å². The molecular formula is C10H19N3O. The lowest BCUT2D eigenvalue weighted by Crippen LogP contribution is -2.48. The van der Waals surface area contributed by atoms with Crippen LogP contribution in [0.2, 0.25) is 0 Å². The van der Waals surface area contributed by atoms with Crippen molar-refractivity contribution in [1.29, 1.82) is 5.41 Å². The number of hydrogen-bond donors (Lipinski definition) is 3. The van der Waals surface area contributed by atoms with Gasteiger partial charge in [-0.3, -0.25) is 5.41 Å². The topological polar surface area (TPSA) is 73.3 Å². The minimum absolute atomic E-state index is 0.151. The highest BCUT2D eigenvalue weighted by Gasteiger charge is 2.33. The van der Waals surface area contributed by atoms with Crippen LogP contribution in [0, 0.1) is 17.2 Å². The van der Waals surface area contributed by atoms with Crippen molar-refractivity contribution in [1.82, 2.24) is 4.90 Å². The van der Waals surface area contributed by atoms with E-state index in [9.17, 15) is 5.11 Å². The second kappa shape index (κ2) is 3.77. The summed E-state index contributed by atoms with van der Waals surface area (Å²) in [6.07, 6.45) is 4.35. The average molecular weight is 197 g/mol. The molecule has 14 heavy (non-hydrogen) atoms. The zero-order chi connectivity index (χ0) is 10.1. The fraction of sp³-hybridized carbons (Fsp3) is 0.900. The normalized spacial score (nSPS) is 33.1. The lowest BCUT2D eigenvalue weighted by atomic mass is 9.90. The molecule has 0 aromatic heterocycles. The molecule has 2 fully saturated rings. The van der Waals surface area contributed by atoms with Crippen LogP contribution < -0.4 is 5.73 Å². The van der Waals surface area contributed by atoms with Gasteiger partial charge in [-0.2, -0.15) is 0 Å². The van der Waals surface area contributed by atoms with Gasteiger partial charge in [0.1, 0.15) is 0 Å². The number of rotatable bonds is 2. The highest BCUT2D eigenvalue weighted by Crippen LogP contribution is 2.37. The number of nitrogens with zero attached hydrogens (tertiary/aromatic N) is 1. The van der Waals surface area contributed by atoms with Crippen molar-refractivity contribution in [2.75, 3.05) is 13.1 Å². The van der Waals surface area contributed by atoms with E-state index in [0.717, 1.165) is 31.8 Å². The maximum atomic E-state index is 9.81. The first-order valence-corrected chi connectivity index (χ1v) is 5.44. The molecule has 1 aliphatic carbocycles. The van der Waals surface area contributed by atoms with Crippen LogP contribution in [-0.2, 0) is 0 Å². The maximum absolute atomic E-state index is 9.81. The minimum atomic E-state index is -0.175. The van der Waals surface area contributed by atoms with Gasteiger partial charge in [0.25, 0.3) is 0 Å². The molecule has 2 aliphatic rings. The van der Waals surface area contributed by atoms with E-state index in [4.69, 9.17) is 11.1 Å². The second-order valence-corrected chi connectivity index (χ2v) is 4.63. The SMILES string of the molecule is N=C(N)N1CC[C@H](O)[C@H](CC2CC2)C1. The zero-order valence-electron chi connectivity index (χ0n) is 8.45. The van der Waals surface area contributed by atoms with Gasteiger partial charge in [-0.05, 0) is 18.8 Å². The molecule has 1 saturated carbocycles. The summed E-state index contributed by atoms with van der Waals surface area (Å²) in [6.45, 7) is 1.50. The van der Waals surface area contributed by atoms with Crippen molar-refractivity contribution in [3.63, 3.8) is 0 Å². The van der Waals surface area contributed by atoms with Crippen LogP contribution in [0.15, 0.2) is 0 Å². The van der Waals surface area contributed by atoms with E-state index in [-0.39, 0.29) is 12.1 Å². The Morgan fingerprint density at radius 3 is 2.71 bits per heavy atom. The molecule has 0 aromatic rings. The molecule has 1 saturated heterocycles. The number of guanidine groups is 1. The molecule has 0 unspecified atom stereocenters. The molecule has 4 heteroatoms. The Labute approximate surface area is 84.6 Å². The first kappa shape index (κ1) is 9.77. The first-order chi connectivity index (χ1) is 6.66. The number of aliphatic hydroxyl groups excluding tert-OH is 1. The van der Waals surface area contributed by atoms with Gasteiger partial charge in [0.2, 0.25) is 0 Å². The Kier molecular flexibility index (Phi) is 2.63. The summed E-state index contributed by atoms with van der Waals surface area (Å²) in [6, 6.07) is 0. The predicted molar refractivity (Wildman–Crippen MR) is 54.9 cm³/mol.